The number of rotatable bonds is 18. The van der Waals surface area contributed by atoms with Gasteiger partial charge in [-0.2, -0.15) is 0 Å². The van der Waals surface area contributed by atoms with Gasteiger partial charge in [0.05, 0.1) is 6.42 Å². The van der Waals surface area contributed by atoms with Gasteiger partial charge in [-0.1, -0.05) is 66.7 Å². The van der Waals surface area contributed by atoms with Crippen LogP contribution in [0.2, 0.25) is 0 Å². The quantitative estimate of drug-likeness (QED) is 0.0813. The fraction of sp³-hybridized carbons (Fsp3) is 0.524. The Bertz CT molecular complexity index is 1620. The number of nitrogens with one attached hydrogen (secondary N) is 2. The van der Waals surface area contributed by atoms with E-state index in [1.807, 2.05) is 36.4 Å². The van der Waals surface area contributed by atoms with E-state index in [-0.39, 0.29) is 39.3 Å². The maximum Gasteiger partial charge on any atom is 0.408 e. The summed E-state index contributed by atoms with van der Waals surface area (Å²) in [6.45, 7) is 14.4. The number of hydrogen-bond acceptors (Lipinski definition) is 10. The minimum absolute atomic E-state index is 0.0562. The summed E-state index contributed by atoms with van der Waals surface area (Å²) >= 11 is 0. The van der Waals surface area contributed by atoms with E-state index in [2.05, 4.69) is 17.2 Å². The minimum Gasteiger partial charge on any atom is -0.461 e. The molecular weight excluding hydrogens is 720 g/mol. The van der Waals surface area contributed by atoms with Gasteiger partial charge < -0.3 is 39.4 Å². The van der Waals surface area contributed by atoms with Crippen LogP contribution in [0.5, 0.6) is 0 Å². The van der Waals surface area contributed by atoms with Crippen molar-refractivity contribution in [3.8, 4) is 0 Å². The second-order valence-electron chi connectivity index (χ2n) is 15.6. The lowest BCUT2D eigenvalue weighted by atomic mass is 10.0. The Balaban J connectivity index is 1.85. The van der Waals surface area contributed by atoms with Crippen LogP contribution in [0.3, 0.4) is 0 Å². The summed E-state index contributed by atoms with van der Waals surface area (Å²) in [6.07, 6.45) is 1.17. The third-order valence-electron chi connectivity index (χ3n) is 8.47. The van der Waals surface area contributed by atoms with Gasteiger partial charge in [0.25, 0.3) is 0 Å². The number of hydrogen-bond donors (Lipinski definition) is 2. The van der Waals surface area contributed by atoms with E-state index in [0.717, 1.165) is 11.1 Å². The lowest BCUT2D eigenvalue weighted by Gasteiger charge is -2.37. The number of alkyl carbamates (subject to hydrolysis) is 2. The van der Waals surface area contributed by atoms with E-state index in [1.54, 1.807) is 65.8 Å². The standard InChI is InChI=1S/C42H58N4O10/c1-8-25-45(36(48)32(44-40(52)56-42(5,6)7)27-35(47)53-28-30-18-11-9-12-19-30)33(37(49)46-26-17-23-34(46)38(50)55-41(2,3)4)22-15-16-24-43-39(51)54-29-31-20-13-10-14-21-31/h8-14,18-21,32-34H,1,15-17,22-29H2,2-7H3,(H,43,51)(H,44,52)/t32-,33-,34-/m0/s1. The first-order valence-corrected chi connectivity index (χ1v) is 19.1. The van der Waals surface area contributed by atoms with Gasteiger partial charge in [-0.15, -0.1) is 6.58 Å². The first-order valence-electron chi connectivity index (χ1n) is 19.1. The van der Waals surface area contributed by atoms with Crippen LogP contribution in [0.25, 0.3) is 0 Å². The zero-order valence-corrected chi connectivity index (χ0v) is 33.5. The van der Waals surface area contributed by atoms with Crippen molar-refractivity contribution in [3.05, 3.63) is 84.4 Å². The summed E-state index contributed by atoms with van der Waals surface area (Å²) in [5.74, 6) is -2.56. The Morgan fingerprint density at radius 2 is 1.43 bits per heavy atom. The number of nitrogens with zero attached hydrogens (tertiary/aromatic N) is 2. The highest BCUT2D eigenvalue weighted by Crippen LogP contribution is 2.25. The Kier molecular flexibility index (Phi) is 17.4. The topological polar surface area (TPSA) is 170 Å². The van der Waals surface area contributed by atoms with Crippen LogP contribution >= 0.6 is 0 Å². The highest BCUT2D eigenvalue weighted by Gasteiger charge is 2.43. The molecule has 0 bridgehead atoms. The van der Waals surface area contributed by atoms with E-state index in [4.69, 9.17) is 18.9 Å². The first kappa shape index (κ1) is 45.0. The lowest BCUT2D eigenvalue weighted by Crippen LogP contribution is -2.58. The summed E-state index contributed by atoms with van der Waals surface area (Å²) in [6, 6.07) is 14.7. The number of esters is 2. The normalized spacial score (nSPS) is 15.1. The van der Waals surface area contributed by atoms with Gasteiger partial charge in [0.1, 0.15) is 42.5 Å². The Morgan fingerprint density at radius 1 is 0.839 bits per heavy atom. The second-order valence-corrected chi connectivity index (χ2v) is 15.6. The van der Waals surface area contributed by atoms with E-state index in [9.17, 15) is 28.8 Å². The highest BCUT2D eigenvalue weighted by molar-refractivity contribution is 5.95. The molecule has 306 valence electrons. The van der Waals surface area contributed by atoms with Gasteiger partial charge in [-0.05, 0) is 84.8 Å². The lowest BCUT2D eigenvalue weighted by molar-refractivity contribution is -0.164. The molecule has 3 rings (SSSR count). The van der Waals surface area contributed by atoms with Crippen LogP contribution in [-0.4, -0.2) is 94.7 Å². The Hall–Kier alpha value is -5.40. The van der Waals surface area contributed by atoms with Crippen LogP contribution in [0.4, 0.5) is 9.59 Å². The molecule has 2 aromatic rings. The molecule has 1 heterocycles. The smallest absolute Gasteiger partial charge is 0.408 e. The molecule has 1 aliphatic rings. The molecule has 2 aromatic carbocycles. The average Bonchev–Trinajstić information content (AvgIpc) is 3.63. The van der Waals surface area contributed by atoms with Gasteiger partial charge in [-0.25, -0.2) is 14.4 Å². The molecular formula is C42H58N4O10. The van der Waals surface area contributed by atoms with E-state index in [0.29, 0.717) is 25.7 Å². The van der Waals surface area contributed by atoms with Crippen LogP contribution in [-0.2, 0) is 51.3 Å². The first-order chi connectivity index (χ1) is 26.5. The molecule has 0 saturated carbocycles. The summed E-state index contributed by atoms with van der Waals surface area (Å²) in [7, 11) is 0. The van der Waals surface area contributed by atoms with Crippen molar-refractivity contribution < 1.29 is 47.7 Å². The minimum atomic E-state index is -1.48. The van der Waals surface area contributed by atoms with Gasteiger partial charge >= 0.3 is 24.1 Å². The molecule has 3 atom stereocenters. The van der Waals surface area contributed by atoms with Gasteiger partial charge in [-0.3, -0.25) is 14.4 Å². The highest BCUT2D eigenvalue weighted by atomic mass is 16.6. The van der Waals surface area contributed by atoms with Gasteiger partial charge in [0, 0.05) is 19.6 Å². The molecule has 56 heavy (non-hydrogen) atoms. The van der Waals surface area contributed by atoms with Gasteiger partial charge in [0.2, 0.25) is 11.8 Å². The molecule has 4 amide bonds. The number of benzene rings is 2. The van der Waals surface area contributed by atoms with Crippen molar-refractivity contribution in [1.29, 1.82) is 0 Å². The number of carbonyl (C=O) groups excluding carboxylic acids is 6. The number of carbonyl (C=O) groups is 6. The number of amides is 4. The Labute approximate surface area is 330 Å². The second kappa shape index (κ2) is 21.6. The summed E-state index contributed by atoms with van der Waals surface area (Å²) < 4.78 is 21.8. The molecule has 1 saturated heterocycles. The molecule has 0 spiro atoms. The molecule has 0 aromatic heterocycles. The number of unbranched alkanes of at least 4 members (excludes halogenated alkanes) is 1. The fourth-order valence-electron chi connectivity index (χ4n) is 6.00. The number of ether oxygens (including phenoxy) is 4. The third-order valence-corrected chi connectivity index (χ3v) is 8.47. The van der Waals surface area contributed by atoms with E-state index >= 15 is 0 Å². The predicted molar refractivity (Wildman–Crippen MR) is 209 cm³/mol. The van der Waals surface area contributed by atoms with E-state index < -0.39 is 71.7 Å². The van der Waals surface area contributed by atoms with Crippen LogP contribution < -0.4 is 10.6 Å². The van der Waals surface area contributed by atoms with Crippen LogP contribution in [0, 0.1) is 0 Å². The molecule has 0 unspecified atom stereocenters. The summed E-state index contributed by atoms with van der Waals surface area (Å²) in [5.41, 5.74) is -0.138. The van der Waals surface area contributed by atoms with Gasteiger partial charge in [0.15, 0.2) is 0 Å². The van der Waals surface area contributed by atoms with E-state index in [1.165, 1.54) is 15.9 Å². The van der Waals surface area contributed by atoms with Crippen molar-refractivity contribution >= 4 is 35.9 Å². The summed E-state index contributed by atoms with van der Waals surface area (Å²) in [5, 5.41) is 5.23. The Morgan fingerprint density at radius 3 is 2.00 bits per heavy atom. The van der Waals surface area contributed by atoms with Crippen molar-refractivity contribution in [3.63, 3.8) is 0 Å². The molecule has 2 N–H and O–H groups in total. The summed E-state index contributed by atoms with van der Waals surface area (Å²) in [4.78, 5) is 83.6. The molecule has 1 aliphatic heterocycles. The third kappa shape index (κ3) is 15.8. The monoisotopic (exact) mass is 778 g/mol. The molecule has 1 fully saturated rings. The van der Waals surface area contributed by atoms with Crippen molar-refractivity contribution in [2.75, 3.05) is 19.6 Å². The maximum atomic E-state index is 14.5. The zero-order chi connectivity index (χ0) is 41.3. The average molecular weight is 779 g/mol. The molecule has 14 heteroatoms. The van der Waals surface area contributed by atoms with Crippen LogP contribution in [0.1, 0.15) is 91.2 Å². The number of likely N-dealkylation sites (tertiary alicyclic amines) is 1. The molecule has 0 aliphatic carbocycles. The van der Waals surface area contributed by atoms with Crippen LogP contribution in [0.15, 0.2) is 73.3 Å². The fourth-order valence-corrected chi connectivity index (χ4v) is 6.00. The largest absolute Gasteiger partial charge is 0.461 e. The SMILES string of the molecule is C=CCN(C(=O)[C@H](CC(=O)OCc1ccccc1)NC(=O)OC(C)(C)C)[C@@H](CCCCNC(=O)OCc1ccccc1)C(=O)N1CCC[C@H]1C(=O)OC(C)(C)C. The van der Waals surface area contributed by atoms with Crippen molar-refractivity contribution in [2.24, 2.45) is 0 Å². The molecule has 0 radical (unpaired) electrons. The maximum absolute atomic E-state index is 14.5. The van der Waals surface area contributed by atoms with Crippen molar-refractivity contribution in [1.82, 2.24) is 20.4 Å². The van der Waals surface area contributed by atoms with Crippen molar-refractivity contribution in [2.45, 2.75) is 123 Å². The predicted octanol–water partition coefficient (Wildman–Crippen LogP) is 5.83. The zero-order valence-electron chi connectivity index (χ0n) is 33.5. The molecule has 14 nitrogen and oxygen atoms in total.